The van der Waals surface area contributed by atoms with Crippen LogP contribution in [0.3, 0.4) is 0 Å². The van der Waals surface area contributed by atoms with E-state index in [9.17, 15) is 9.18 Å². The molecule has 0 atom stereocenters. The number of thiophene rings is 1. The molecule has 0 aliphatic rings. The normalized spacial score (nSPS) is 10.3. The first-order valence-corrected chi connectivity index (χ1v) is 8.43. The van der Waals surface area contributed by atoms with Gasteiger partial charge in [0.15, 0.2) is 0 Å². The Kier molecular flexibility index (Phi) is 5.30. The highest BCUT2D eigenvalue weighted by Crippen LogP contribution is 2.21. The summed E-state index contributed by atoms with van der Waals surface area (Å²) in [4.78, 5) is 12.9. The van der Waals surface area contributed by atoms with Gasteiger partial charge in [0.1, 0.15) is 23.9 Å². The average Bonchev–Trinajstić information content (AvgIpc) is 3.10. The van der Waals surface area contributed by atoms with Gasteiger partial charge in [0.25, 0.3) is 5.91 Å². The standard InChI is InChI=1S/C19H16FNO3S/c1-23-16-7-5-15(6-8-16)21-19(22)18-9-13(12-25-18)11-24-17-4-2-3-14(20)10-17/h2-10,12H,11H2,1H3,(H,21,22). The van der Waals surface area contributed by atoms with E-state index in [4.69, 9.17) is 9.47 Å². The number of nitrogens with one attached hydrogen (secondary N) is 1. The lowest BCUT2D eigenvalue weighted by Gasteiger charge is -2.05. The number of ether oxygens (including phenoxy) is 2. The molecule has 1 amide bonds. The van der Waals surface area contributed by atoms with E-state index in [2.05, 4.69) is 5.32 Å². The van der Waals surface area contributed by atoms with Crippen LogP contribution in [0.5, 0.6) is 11.5 Å². The molecule has 3 aromatic rings. The summed E-state index contributed by atoms with van der Waals surface area (Å²) in [6.07, 6.45) is 0. The maximum atomic E-state index is 13.1. The van der Waals surface area contributed by atoms with Gasteiger partial charge in [-0.15, -0.1) is 11.3 Å². The number of rotatable bonds is 6. The van der Waals surface area contributed by atoms with Crippen LogP contribution in [0.1, 0.15) is 15.2 Å². The summed E-state index contributed by atoms with van der Waals surface area (Å²) in [7, 11) is 1.59. The van der Waals surface area contributed by atoms with E-state index >= 15 is 0 Å². The van der Waals surface area contributed by atoms with E-state index in [0.717, 1.165) is 11.3 Å². The van der Waals surface area contributed by atoms with Crippen molar-refractivity contribution < 1.29 is 18.7 Å². The van der Waals surface area contributed by atoms with Crippen molar-refractivity contribution in [2.75, 3.05) is 12.4 Å². The van der Waals surface area contributed by atoms with Crippen molar-refractivity contribution in [3.8, 4) is 11.5 Å². The van der Waals surface area contributed by atoms with E-state index < -0.39 is 0 Å². The molecule has 4 nitrogen and oxygen atoms in total. The second kappa shape index (κ2) is 7.81. The zero-order chi connectivity index (χ0) is 17.6. The van der Waals surface area contributed by atoms with Gasteiger partial charge in [-0.3, -0.25) is 4.79 Å². The summed E-state index contributed by atoms with van der Waals surface area (Å²) < 4.78 is 23.7. The van der Waals surface area contributed by atoms with Gasteiger partial charge < -0.3 is 14.8 Å². The number of halogens is 1. The van der Waals surface area contributed by atoms with Gasteiger partial charge >= 0.3 is 0 Å². The maximum Gasteiger partial charge on any atom is 0.265 e. The fourth-order valence-corrected chi connectivity index (χ4v) is 2.95. The number of carbonyl (C=O) groups excluding carboxylic acids is 1. The molecule has 1 aromatic heterocycles. The topological polar surface area (TPSA) is 47.6 Å². The van der Waals surface area contributed by atoms with Crippen LogP contribution in [0.4, 0.5) is 10.1 Å². The number of hydrogen-bond acceptors (Lipinski definition) is 4. The monoisotopic (exact) mass is 357 g/mol. The third kappa shape index (κ3) is 4.58. The zero-order valence-corrected chi connectivity index (χ0v) is 14.3. The van der Waals surface area contributed by atoms with Crippen LogP contribution in [-0.4, -0.2) is 13.0 Å². The van der Waals surface area contributed by atoms with Crippen molar-refractivity contribution in [3.05, 3.63) is 76.2 Å². The minimum absolute atomic E-state index is 0.188. The third-order valence-corrected chi connectivity index (χ3v) is 4.40. The van der Waals surface area contributed by atoms with Crippen molar-refractivity contribution >= 4 is 22.9 Å². The summed E-state index contributed by atoms with van der Waals surface area (Å²) in [5, 5.41) is 4.68. The summed E-state index contributed by atoms with van der Waals surface area (Å²) in [5.74, 6) is 0.649. The number of carbonyl (C=O) groups is 1. The maximum absolute atomic E-state index is 13.1. The molecule has 0 aliphatic carbocycles. The number of amides is 1. The van der Waals surface area contributed by atoms with Gasteiger partial charge in [0.2, 0.25) is 0 Å². The fraction of sp³-hybridized carbons (Fsp3) is 0.105. The molecule has 3 rings (SSSR count). The fourth-order valence-electron chi connectivity index (χ4n) is 2.16. The zero-order valence-electron chi connectivity index (χ0n) is 13.5. The van der Waals surface area contributed by atoms with Gasteiger partial charge in [-0.1, -0.05) is 6.07 Å². The van der Waals surface area contributed by atoms with E-state index in [1.165, 1.54) is 23.5 Å². The molecule has 0 fully saturated rings. The van der Waals surface area contributed by atoms with E-state index in [-0.39, 0.29) is 18.3 Å². The quantitative estimate of drug-likeness (QED) is 0.694. The Labute approximate surface area is 148 Å². The summed E-state index contributed by atoms with van der Waals surface area (Å²) in [6, 6.07) is 14.8. The number of anilines is 1. The molecule has 0 spiro atoms. The van der Waals surface area contributed by atoms with Crippen LogP contribution in [-0.2, 0) is 6.61 Å². The van der Waals surface area contributed by atoms with Gasteiger partial charge in [-0.25, -0.2) is 4.39 Å². The Balaban J connectivity index is 1.59. The van der Waals surface area contributed by atoms with Crippen LogP contribution in [0.2, 0.25) is 0 Å². The van der Waals surface area contributed by atoms with Crippen LogP contribution < -0.4 is 14.8 Å². The van der Waals surface area contributed by atoms with Crippen molar-refractivity contribution in [1.29, 1.82) is 0 Å². The van der Waals surface area contributed by atoms with Crippen LogP contribution >= 0.6 is 11.3 Å². The van der Waals surface area contributed by atoms with Crippen LogP contribution in [0.15, 0.2) is 60.0 Å². The molecule has 2 aromatic carbocycles. The average molecular weight is 357 g/mol. The number of benzene rings is 2. The van der Waals surface area contributed by atoms with E-state index in [1.54, 1.807) is 49.6 Å². The molecule has 0 bridgehead atoms. The second-order valence-electron chi connectivity index (χ2n) is 5.25. The summed E-state index contributed by atoms with van der Waals surface area (Å²) >= 11 is 1.33. The first-order chi connectivity index (χ1) is 12.1. The molecule has 25 heavy (non-hydrogen) atoms. The Morgan fingerprint density at radius 1 is 1.12 bits per heavy atom. The molecule has 0 aliphatic heterocycles. The predicted molar refractivity (Wildman–Crippen MR) is 96.0 cm³/mol. The molecule has 1 heterocycles. The number of hydrogen-bond donors (Lipinski definition) is 1. The SMILES string of the molecule is COc1ccc(NC(=O)c2cc(COc3cccc(F)c3)cs2)cc1. The predicted octanol–water partition coefficient (Wildman–Crippen LogP) is 4.73. The van der Waals surface area contributed by atoms with Gasteiger partial charge in [0.05, 0.1) is 12.0 Å². The highest BCUT2D eigenvalue weighted by molar-refractivity contribution is 7.12. The third-order valence-electron chi connectivity index (χ3n) is 3.43. The van der Waals surface area contributed by atoms with Crippen molar-refractivity contribution in [2.24, 2.45) is 0 Å². The molecular weight excluding hydrogens is 341 g/mol. The van der Waals surface area contributed by atoms with Gasteiger partial charge in [-0.05, 0) is 47.8 Å². The Morgan fingerprint density at radius 2 is 1.92 bits per heavy atom. The van der Waals surface area contributed by atoms with Crippen molar-refractivity contribution in [3.63, 3.8) is 0 Å². The first-order valence-electron chi connectivity index (χ1n) is 7.55. The summed E-state index contributed by atoms with van der Waals surface area (Å²) in [6.45, 7) is 0.274. The smallest absolute Gasteiger partial charge is 0.265 e. The first kappa shape index (κ1) is 17.0. The minimum atomic E-state index is -0.345. The highest BCUT2D eigenvalue weighted by Gasteiger charge is 2.10. The molecule has 0 unspecified atom stereocenters. The van der Waals surface area contributed by atoms with Crippen molar-refractivity contribution in [1.82, 2.24) is 0 Å². The minimum Gasteiger partial charge on any atom is -0.497 e. The lowest BCUT2D eigenvalue weighted by atomic mass is 10.3. The Bertz CT molecular complexity index is 861. The van der Waals surface area contributed by atoms with E-state index in [0.29, 0.717) is 16.3 Å². The molecule has 1 N–H and O–H groups in total. The molecule has 0 saturated carbocycles. The molecule has 0 saturated heterocycles. The Morgan fingerprint density at radius 3 is 2.64 bits per heavy atom. The lowest BCUT2D eigenvalue weighted by molar-refractivity contribution is 0.103. The lowest BCUT2D eigenvalue weighted by Crippen LogP contribution is -2.10. The van der Waals surface area contributed by atoms with Gasteiger partial charge in [0, 0.05) is 17.3 Å². The molecular formula is C19H16FNO3S. The molecule has 6 heteroatoms. The van der Waals surface area contributed by atoms with Crippen molar-refractivity contribution in [2.45, 2.75) is 6.61 Å². The van der Waals surface area contributed by atoms with E-state index in [1.807, 2.05) is 5.38 Å². The Hall–Kier alpha value is -2.86. The summed E-state index contributed by atoms with van der Waals surface area (Å²) in [5.41, 5.74) is 1.55. The number of methoxy groups -OCH3 is 1. The molecule has 128 valence electrons. The van der Waals surface area contributed by atoms with Crippen LogP contribution in [0, 0.1) is 5.82 Å². The van der Waals surface area contributed by atoms with Gasteiger partial charge in [-0.2, -0.15) is 0 Å². The second-order valence-corrected chi connectivity index (χ2v) is 6.16. The largest absolute Gasteiger partial charge is 0.497 e. The molecule has 0 radical (unpaired) electrons. The van der Waals surface area contributed by atoms with Crippen LogP contribution in [0.25, 0.3) is 0 Å². The highest BCUT2D eigenvalue weighted by atomic mass is 32.1.